The molecule has 1 aromatic carbocycles. The lowest BCUT2D eigenvalue weighted by Crippen LogP contribution is -2.37. The summed E-state index contributed by atoms with van der Waals surface area (Å²) in [6.07, 6.45) is 5.11. The van der Waals surface area contributed by atoms with Crippen LogP contribution in [-0.4, -0.2) is 17.4 Å². The van der Waals surface area contributed by atoms with E-state index in [0.29, 0.717) is 18.1 Å². The number of rotatable bonds is 5. The first-order valence-corrected chi connectivity index (χ1v) is 5.85. The van der Waals surface area contributed by atoms with Crippen molar-refractivity contribution in [3.8, 4) is 5.88 Å². The van der Waals surface area contributed by atoms with Gasteiger partial charge in [0.15, 0.2) is 6.20 Å². The van der Waals surface area contributed by atoms with E-state index in [2.05, 4.69) is 4.98 Å². The molecule has 18 heavy (non-hydrogen) atoms. The van der Waals surface area contributed by atoms with Crippen molar-refractivity contribution >= 4 is 5.78 Å². The van der Waals surface area contributed by atoms with E-state index in [9.17, 15) is 4.79 Å². The molecule has 0 saturated heterocycles. The second-order valence-electron chi connectivity index (χ2n) is 3.79. The summed E-state index contributed by atoms with van der Waals surface area (Å²) in [4.78, 5) is 16.1. The highest BCUT2D eigenvalue weighted by Crippen LogP contribution is 2.02. The Balaban J connectivity index is 2.10. The van der Waals surface area contributed by atoms with Crippen LogP contribution < -0.4 is 9.30 Å². The van der Waals surface area contributed by atoms with Crippen molar-refractivity contribution < 1.29 is 14.1 Å². The molecule has 0 aliphatic carbocycles. The number of aromatic nitrogens is 2. The van der Waals surface area contributed by atoms with Crippen LogP contribution in [0.1, 0.15) is 17.3 Å². The van der Waals surface area contributed by atoms with Gasteiger partial charge in [0.05, 0.1) is 12.8 Å². The average Bonchev–Trinajstić information content (AvgIpc) is 2.40. The highest BCUT2D eigenvalue weighted by Gasteiger charge is 2.12. The largest absolute Gasteiger partial charge is 0.474 e. The molecule has 0 bridgehead atoms. The lowest BCUT2D eigenvalue weighted by Gasteiger charge is -2.00. The van der Waals surface area contributed by atoms with E-state index < -0.39 is 0 Å². The maximum Gasteiger partial charge on any atom is 0.279 e. The highest BCUT2D eigenvalue weighted by atomic mass is 16.5. The van der Waals surface area contributed by atoms with Crippen LogP contribution in [0.2, 0.25) is 0 Å². The summed E-state index contributed by atoms with van der Waals surface area (Å²) in [5, 5.41) is 0. The summed E-state index contributed by atoms with van der Waals surface area (Å²) in [5.41, 5.74) is 0.708. The number of carbonyl (C=O) groups excluding carboxylic acids is 1. The van der Waals surface area contributed by atoms with E-state index in [1.807, 2.05) is 37.3 Å². The fourth-order valence-electron chi connectivity index (χ4n) is 1.61. The molecule has 92 valence electrons. The average molecular weight is 243 g/mol. The summed E-state index contributed by atoms with van der Waals surface area (Å²) in [7, 11) is 0. The summed E-state index contributed by atoms with van der Waals surface area (Å²) in [5.74, 6) is 0.593. The zero-order valence-electron chi connectivity index (χ0n) is 10.2. The molecule has 2 rings (SSSR count). The first-order chi connectivity index (χ1) is 8.79. The van der Waals surface area contributed by atoms with Crippen LogP contribution in [-0.2, 0) is 6.54 Å². The van der Waals surface area contributed by atoms with E-state index in [0.717, 1.165) is 0 Å². The zero-order chi connectivity index (χ0) is 12.8. The third-order valence-electron chi connectivity index (χ3n) is 2.45. The van der Waals surface area contributed by atoms with Gasteiger partial charge in [-0.05, 0) is 6.92 Å². The Bertz CT molecular complexity index is 526. The Labute approximate surface area is 106 Å². The Morgan fingerprint density at radius 1 is 1.33 bits per heavy atom. The molecule has 0 atom stereocenters. The summed E-state index contributed by atoms with van der Waals surface area (Å²) < 4.78 is 7.06. The van der Waals surface area contributed by atoms with Crippen LogP contribution >= 0.6 is 0 Å². The normalized spacial score (nSPS) is 10.1. The van der Waals surface area contributed by atoms with Gasteiger partial charge < -0.3 is 4.74 Å². The molecule has 1 aromatic heterocycles. The lowest BCUT2D eigenvalue weighted by atomic mass is 10.1. The number of ketones is 1. The minimum absolute atomic E-state index is 0.0641. The van der Waals surface area contributed by atoms with E-state index in [1.54, 1.807) is 23.2 Å². The zero-order valence-corrected chi connectivity index (χ0v) is 10.2. The molecule has 0 saturated carbocycles. The van der Waals surface area contributed by atoms with Crippen molar-refractivity contribution in [1.82, 2.24) is 4.98 Å². The second-order valence-corrected chi connectivity index (χ2v) is 3.79. The molecule has 0 spiro atoms. The number of Topliss-reactive ketones (excluding diaryl/α,β-unsaturated/α-hetero) is 1. The molecule has 0 radical (unpaired) electrons. The van der Waals surface area contributed by atoms with Gasteiger partial charge in [0.1, 0.15) is 0 Å². The van der Waals surface area contributed by atoms with Crippen molar-refractivity contribution in [2.24, 2.45) is 0 Å². The molecule has 0 unspecified atom stereocenters. The van der Waals surface area contributed by atoms with Crippen molar-refractivity contribution in [2.45, 2.75) is 13.5 Å². The smallest absolute Gasteiger partial charge is 0.279 e. The molecule has 0 aliphatic heterocycles. The fraction of sp³-hybridized carbons (Fsp3) is 0.214. The van der Waals surface area contributed by atoms with E-state index in [1.165, 1.54) is 0 Å². The number of ether oxygens (including phenoxy) is 1. The summed E-state index contributed by atoms with van der Waals surface area (Å²) >= 11 is 0. The number of hydrogen-bond donors (Lipinski definition) is 0. The molecule has 0 fully saturated rings. The van der Waals surface area contributed by atoms with Crippen LogP contribution in [0.4, 0.5) is 0 Å². The van der Waals surface area contributed by atoms with Crippen LogP contribution in [0.5, 0.6) is 5.88 Å². The molecule has 0 amide bonds. The van der Waals surface area contributed by atoms with Crippen LogP contribution in [0.15, 0.2) is 48.9 Å². The summed E-state index contributed by atoms with van der Waals surface area (Å²) in [6.45, 7) is 2.74. The van der Waals surface area contributed by atoms with Gasteiger partial charge in [0, 0.05) is 5.56 Å². The van der Waals surface area contributed by atoms with E-state index in [4.69, 9.17) is 4.74 Å². The third kappa shape index (κ3) is 3.13. The standard InChI is InChI=1S/C14H15N2O2/c1-2-18-14-11-16(9-8-15-14)10-13(17)12-6-4-3-5-7-12/h3-9,11H,2,10H2,1H3/q+1. The molecule has 4 heteroatoms. The minimum Gasteiger partial charge on any atom is -0.474 e. The maximum absolute atomic E-state index is 12.0. The monoisotopic (exact) mass is 243 g/mol. The van der Waals surface area contributed by atoms with Gasteiger partial charge in [-0.25, -0.2) is 4.98 Å². The molecule has 4 nitrogen and oxygen atoms in total. The topological polar surface area (TPSA) is 43.1 Å². The fourth-order valence-corrected chi connectivity index (χ4v) is 1.61. The Morgan fingerprint density at radius 2 is 2.11 bits per heavy atom. The SMILES string of the molecule is CCOc1c[n+](CC(=O)c2ccccc2)ccn1. The Morgan fingerprint density at radius 3 is 2.83 bits per heavy atom. The van der Waals surface area contributed by atoms with Crippen LogP contribution in [0, 0.1) is 0 Å². The predicted molar refractivity (Wildman–Crippen MR) is 66.4 cm³/mol. The van der Waals surface area contributed by atoms with Gasteiger partial charge >= 0.3 is 0 Å². The Hall–Kier alpha value is -2.23. The van der Waals surface area contributed by atoms with Gasteiger partial charge in [0.25, 0.3) is 5.88 Å². The Kier molecular flexibility index (Phi) is 4.02. The molecular weight excluding hydrogens is 228 g/mol. The van der Waals surface area contributed by atoms with E-state index >= 15 is 0 Å². The van der Waals surface area contributed by atoms with Crippen molar-refractivity contribution in [3.05, 3.63) is 54.5 Å². The number of benzene rings is 1. The molecule has 1 heterocycles. The predicted octanol–water partition coefficient (Wildman–Crippen LogP) is 1.65. The lowest BCUT2D eigenvalue weighted by molar-refractivity contribution is -0.684. The third-order valence-corrected chi connectivity index (χ3v) is 2.45. The number of carbonyl (C=O) groups is 1. The maximum atomic E-state index is 12.0. The van der Waals surface area contributed by atoms with Crippen molar-refractivity contribution in [1.29, 1.82) is 0 Å². The van der Waals surface area contributed by atoms with Crippen LogP contribution in [0.3, 0.4) is 0 Å². The van der Waals surface area contributed by atoms with Gasteiger partial charge in [-0.3, -0.25) is 4.79 Å². The van der Waals surface area contributed by atoms with Crippen molar-refractivity contribution in [3.63, 3.8) is 0 Å². The molecule has 0 N–H and O–H groups in total. The van der Waals surface area contributed by atoms with Gasteiger partial charge in [-0.1, -0.05) is 30.3 Å². The van der Waals surface area contributed by atoms with Gasteiger partial charge in [0.2, 0.25) is 18.5 Å². The number of hydrogen-bond acceptors (Lipinski definition) is 3. The molecule has 0 aliphatic rings. The summed E-state index contributed by atoms with van der Waals surface area (Å²) in [6, 6.07) is 9.23. The van der Waals surface area contributed by atoms with E-state index in [-0.39, 0.29) is 12.3 Å². The molecular formula is C14H15N2O2+. The quantitative estimate of drug-likeness (QED) is 0.592. The van der Waals surface area contributed by atoms with Crippen LogP contribution in [0.25, 0.3) is 0 Å². The minimum atomic E-state index is 0.0641. The first-order valence-electron chi connectivity index (χ1n) is 5.85. The number of nitrogens with zero attached hydrogens (tertiary/aromatic N) is 2. The highest BCUT2D eigenvalue weighted by molar-refractivity contribution is 5.94. The molecule has 2 aromatic rings. The van der Waals surface area contributed by atoms with Crippen molar-refractivity contribution in [2.75, 3.05) is 6.61 Å². The first kappa shape index (κ1) is 12.2. The van der Waals surface area contributed by atoms with Gasteiger partial charge in [-0.2, -0.15) is 4.57 Å². The second kappa shape index (κ2) is 5.91. The van der Waals surface area contributed by atoms with Gasteiger partial charge in [-0.15, -0.1) is 0 Å².